The highest BCUT2D eigenvalue weighted by Gasteiger charge is 2.27. The Morgan fingerprint density at radius 1 is 0.909 bits per heavy atom. The van der Waals surface area contributed by atoms with Gasteiger partial charge in [0, 0.05) is 0 Å². The lowest BCUT2D eigenvalue weighted by atomic mass is 10.1. The van der Waals surface area contributed by atoms with Crippen LogP contribution in [0.25, 0.3) is 0 Å². The number of aryl methyl sites for hydroxylation is 2. The van der Waals surface area contributed by atoms with Crippen LogP contribution in [0.3, 0.4) is 0 Å². The Morgan fingerprint density at radius 3 is 2.00 bits per heavy atom. The maximum atomic E-state index is 12.3. The fraction of sp³-hybridized carbons (Fsp3) is 0.276. The van der Waals surface area contributed by atoms with Crippen molar-refractivity contribution in [3.63, 3.8) is 0 Å². The largest absolute Gasteiger partial charge is 0.481 e. The minimum Gasteiger partial charge on any atom is -0.481 e. The molecule has 3 nitrogen and oxygen atoms in total. The van der Waals surface area contributed by atoms with Crippen molar-refractivity contribution < 1.29 is 14.3 Å². The topological polar surface area (TPSA) is 35.5 Å². The van der Waals surface area contributed by atoms with Gasteiger partial charge in [-0.3, -0.25) is 0 Å². The maximum absolute atomic E-state index is 12.3. The number of esters is 1. The van der Waals surface area contributed by atoms with Crippen molar-refractivity contribution in [2.45, 2.75) is 53.9 Å². The van der Waals surface area contributed by atoms with E-state index >= 15 is 0 Å². The Kier molecular flexibility index (Phi) is 7.24. The molecule has 1 aliphatic rings. The predicted octanol–water partition coefficient (Wildman–Crippen LogP) is 7.25. The number of rotatable bonds is 7. The van der Waals surface area contributed by atoms with E-state index in [0.29, 0.717) is 0 Å². The van der Waals surface area contributed by atoms with Crippen LogP contribution in [0.2, 0.25) is 0 Å². The monoisotopic (exact) mass is 460 g/mol. The van der Waals surface area contributed by atoms with E-state index in [0.717, 1.165) is 36.1 Å². The first-order chi connectivity index (χ1) is 16.0. The molecule has 3 aromatic carbocycles. The van der Waals surface area contributed by atoms with Gasteiger partial charge in [0.15, 0.2) is 6.61 Å². The first-order valence-corrected chi connectivity index (χ1v) is 13.5. The molecule has 172 valence electrons. The van der Waals surface area contributed by atoms with Crippen molar-refractivity contribution in [3.05, 3.63) is 96.1 Å². The van der Waals surface area contributed by atoms with Crippen LogP contribution in [0, 0.1) is 13.8 Å². The quantitative estimate of drug-likeness (QED) is 0.275. The highest BCUT2D eigenvalue weighted by atomic mass is 32.3. The van der Waals surface area contributed by atoms with E-state index in [1.54, 1.807) is 0 Å². The molecule has 4 heteroatoms. The number of benzene rings is 3. The van der Waals surface area contributed by atoms with Gasteiger partial charge < -0.3 is 9.47 Å². The zero-order valence-electron chi connectivity index (χ0n) is 19.6. The van der Waals surface area contributed by atoms with Gasteiger partial charge in [0.1, 0.15) is 11.9 Å². The molecule has 1 aliphatic carbocycles. The lowest BCUT2D eigenvalue weighted by molar-refractivity contribution is -0.149. The minimum absolute atomic E-state index is 0.0765. The second-order valence-electron chi connectivity index (χ2n) is 8.61. The Bertz CT molecular complexity index is 1060. The summed E-state index contributed by atoms with van der Waals surface area (Å²) < 4.78 is 11.5. The lowest BCUT2D eigenvalue weighted by Gasteiger charge is -2.38. The molecule has 0 spiro atoms. The number of carbonyl (C=O) groups is 1. The zero-order valence-corrected chi connectivity index (χ0v) is 20.4. The van der Waals surface area contributed by atoms with Gasteiger partial charge in [-0.1, -0.05) is 42.5 Å². The summed E-state index contributed by atoms with van der Waals surface area (Å²) in [5, 5.41) is 0. The van der Waals surface area contributed by atoms with E-state index in [4.69, 9.17) is 9.47 Å². The average molecular weight is 461 g/mol. The molecule has 4 rings (SSSR count). The molecule has 0 amide bonds. The van der Waals surface area contributed by atoms with Gasteiger partial charge in [-0.25, -0.2) is 4.79 Å². The Hall–Kier alpha value is -2.98. The lowest BCUT2D eigenvalue weighted by Crippen LogP contribution is -2.22. The maximum Gasteiger partial charge on any atom is 0.344 e. The van der Waals surface area contributed by atoms with Crippen LogP contribution >= 0.6 is 10.0 Å². The second-order valence-corrected chi connectivity index (χ2v) is 11.9. The Labute approximate surface area is 198 Å². The zero-order chi connectivity index (χ0) is 23.3. The molecule has 0 heterocycles. The average Bonchev–Trinajstić information content (AvgIpc) is 2.84. The molecular formula is C29H32O3S. The molecule has 1 unspecified atom stereocenters. The van der Waals surface area contributed by atoms with E-state index in [2.05, 4.69) is 99.0 Å². The summed E-state index contributed by atoms with van der Waals surface area (Å²) >= 11 is 0. The number of ether oxygens (including phenoxy) is 2. The van der Waals surface area contributed by atoms with E-state index in [1.807, 2.05) is 6.08 Å². The molecule has 3 aromatic rings. The fourth-order valence-corrected chi connectivity index (χ4v) is 7.43. The van der Waals surface area contributed by atoms with Gasteiger partial charge in [-0.05, 0) is 108 Å². The standard InChI is InChI=1S/C29H32O3S/c1-22-19-27(33(3,25-15-9-5-10-16-25)26-17-11-6-12-18-26)20-23(2)29(22)31-21-28(30)32-24-13-7-4-8-14-24/h5-7,9-13,15-20,24H,4,8,14,21H2,1-3H3. The molecule has 0 fully saturated rings. The summed E-state index contributed by atoms with van der Waals surface area (Å²) in [7, 11) is -1.44. The third-order valence-corrected chi connectivity index (χ3v) is 9.77. The van der Waals surface area contributed by atoms with Crippen LogP contribution in [0.1, 0.15) is 30.4 Å². The highest BCUT2D eigenvalue weighted by Crippen LogP contribution is 2.66. The number of hydrogen-bond acceptors (Lipinski definition) is 3. The van der Waals surface area contributed by atoms with Crippen LogP contribution in [-0.2, 0) is 9.53 Å². The fourth-order valence-electron chi connectivity index (χ4n) is 4.38. The predicted molar refractivity (Wildman–Crippen MR) is 135 cm³/mol. The van der Waals surface area contributed by atoms with Crippen LogP contribution in [-0.4, -0.2) is 24.9 Å². The third-order valence-electron chi connectivity index (χ3n) is 6.16. The SMILES string of the molecule is Cc1cc(S(C)(c2ccccc2)c2ccccc2)cc(C)c1OCC(=O)OC1C=CCCC1. The van der Waals surface area contributed by atoms with Crippen molar-refractivity contribution >= 4 is 16.0 Å². The first kappa shape index (κ1) is 23.2. The summed E-state index contributed by atoms with van der Waals surface area (Å²) in [5.74, 6) is 0.441. The molecule has 0 N–H and O–H groups in total. The van der Waals surface area contributed by atoms with Gasteiger partial charge in [0.2, 0.25) is 0 Å². The number of hydrogen-bond donors (Lipinski definition) is 0. The van der Waals surface area contributed by atoms with Crippen molar-refractivity contribution in [3.8, 4) is 5.75 Å². The Morgan fingerprint density at radius 2 is 1.48 bits per heavy atom. The summed E-state index contributed by atoms with van der Waals surface area (Å²) in [4.78, 5) is 16.2. The van der Waals surface area contributed by atoms with Gasteiger partial charge in [-0.2, -0.15) is 10.0 Å². The van der Waals surface area contributed by atoms with E-state index < -0.39 is 10.0 Å². The summed E-state index contributed by atoms with van der Waals surface area (Å²) in [6, 6.07) is 25.8. The third kappa shape index (κ3) is 5.17. The van der Waals surface area contributed by atoms with Crippen molar-refractivity contribution in [1.82, 2.24) is 0 Å². The molecule has 0 aliphatic heterocycles. The molecule has 1 atom stereocenters. The summed E-state index contributed by atoms with van der Waals surface area (Å²) in [5.41, 5.74) is 2.06. The van der Waals surface area contributed by atoms with E-state index in [9.17, 15) is 4.79 Å². The molecule has 0 saturated heterocycles. The van der Waals surface area contributed by atoms with Crippen LogP contribution in [0.4, 0.5) is 0 Å². The molecule has 0 saturated carbocycles. The normalized spacial score (nSPS) is 16.3. The molecule has 0 aromatic heterocycles. The molecule has 0 radical (unpaired) electrons. The van der Waals surface area contributed by atoms with Gasteiger partial charge in [0.05, 0.1) is 0 Å². The van der Waals surface area contributed by atoms with Crippen molar-refractivity contribution in [1.29, 1.82) is 0 Å². The number of carbonyl (C=O) groups excluding carboxylic acids is 1. The van der Waals surface area contributed by atoms with Crippen molar-refractivity contribution in [2.24, 2.45) is 0 Å². The highest BCUT2D eigenvalue weighted by molar-refractivity contribution is 8.33. The summed E-state index contributed by atoms with van der Waals surface area (Å²) in [6.45, 7) is 4.03. The Balaban J connectivity index is 1.60. The van der Waals surface area contributed by atoms with E-state index in [1.165, 1.54) is 14.7 Å². The second kappa shape index (κ2) is 10.3. The minimum atomic E-state index is -1.44. The van der Waals surface area contributed by atoms with Crippen LogP contribution < -0.4 is 4.74 Å². The van der Waals surface area contributed by atoms with Crippen LogP contribution in [0.15, 0.2) is 99.6 Å². The van der Waals surface area contributed by atoms with Gasteiger partial charge >= 0.3 is 5.97 Å². The molecule has 33 heavy (non-hydrogen) atoms. The van der Waals surface area contributed by atoms with Gasteiger partial charge in [0.25, 0.3) is 0 Å². The van der Waals surface area contributed by atoms with Crippen molar-refractivity contribution in [2.75, 3.05) is 12.9 Å². The molecular weight excluding hydrogens is 428 g/mol. The first-order valence-electron chi connectivity index (χ1n) is 11.5. The molecule has 0 bridgehead atoms. The smallest absolute Gasteiger partial charge is 0.344 e. The summed E-state index contributed by atoms with van der Waals surface area (Å²) in [6.07, 6.45) is 9.27. The van der Waals surface area contributed by atoms with E-state index in [-0.39, 0.29) is 18.7 Å². The van der Waals surface area contributed by atoms with Gasteiger partial charge in [-0.15, -0.1) is 0 Å². The number of allylic oxidation sites excluding steroid dienone is 1. The van der Waals surface area contributed by atoms with Crippen LogP contribution in [0.5, 0.6) is 5.75 Å².